The first kappa shape index (κ1) is 15.7. The third kappa shape index (κ3) is 5.98. The molecule has 0 aromatic carbocycles. The van der Waals surface area contributed by atoms with E-state index in [1.807, 2.05) is 13.8 Å². The van der Waals surface area contributed by atoms with Gasteiger partial charge in [-0.3, -0.25) is 4.79 Å². The molecule has 5 heteroatoms. The van der Waals surface area contributed by atoms with Gasteiger partial charge in [-0.1, -0.05) is 6.92 Å². The van der Waals surface area contributed by atoms with Crippen molar-refractivity contribution in [3.63, 3.8) is 0 Å². The summed E-state index contributed by atoms with van der Waals surface area (Å²) in [5, 5.41) is 6.17. The van der Waals surface area contributed by atoms with Crippen LogP contribution in [0.15, 0.2) is 15.9 Å². The Balaban J connectivity index is 2.16. The van der Waals surface area contributed by atoms with Crippen molar-refractivity contribution in [2.75, 3.05) is 13.1 Å². The molecule has 0 atom stereocenters. The Kier molecular flexibility index (Phi) is 6.32. The van der Waals surface area contributed by atoms with Gasteiger partial charge < -0.3 is 10.6 Å². The number of hydrogen-bond acceptors (Lipinski definition) is 3. The van der Waals surface area contributed by atoms with Crippen LogP contribution in [0.25, 0.3) is 0 Å². The molecule has 0 spiro atoms. The largest absolute Gasteiger partial charge is 0.350 e. The number of halogens is 1. The van der Waals surface area contributed by atoms with Crippen molar-refractivity contribution < 1.29 is 4.79 Å². The molecule has 3 nitrogen and oxygen atoms in total. The third-order valence-electron chi connectivity index (χ3n) is 2.82. The van der Waals surface area contributed by atoms with Crippen molar-refractivity contribution in [1.29, 1.82) is 0 Å². The second-order valence-corrected chi connectivity index (χ2v) is 7.47. The fourth-order valence-corrected chi connectivity index (χ4v) is 2.89. The fourth-order valence-electron chi connectivity index (χ4n) is 1.41. The topological polar surface area (TPSA) is 41.1 Å². The summed E-state index contributed by atoms with van der Waals surface area (Å²) in [5.74, 6) is 0.0641. The van der Waals surface area contributed by atoms with Gasteiger partial charge in [-0.05, 0) is 54.8 Å². The zero-order chi connectivity index (χ0) is 13.6. The minimum absolute atomic E-state index is 0.0641. The highest BCUT2D eigenvalue weighted by atomic mass is 79.9. The summed E-state index contributed by atoms with van der Waals surface area (Å²) in [6.45, 7) is 7.35. The van der Waals surface area contributed by atoms with Crippen LogP contribution in [0.3, 0.4) is 0 Å². The molecule has 1 rings (SSSR count). The maximum absolute atomic E-state index is 11.7. The zero-order valence-electron chi connectivity index (χ0n) is 11.2. The maximum Gasteiger partial charge on any atom is 0.234 e. The van der Waals surface area contributed by atoms with Gasteiger partial charge in [0.2, 0.25) is 5.91 Å². The Morgan fingerprint density at radius 3 is 2.72 bits per heavy atom. The van der Waals surface area contributed by atoms with E-state index in [1.54, 1.807) is 11.3 Å². The van der Waals surface area contributed by atoms with Crippen LogP contribution in [0, 0.1) is 0 Å². The predicted molar refractivity (Wildman–Crippen MR) is 81.1 cm³/mol. The molecule has 1 amide bonds. The molecule has 2 N–H and O–H groups in total. The lowest BCUT2D eigenvalue weighted by molar-refractivity contribution is -0.121. The van der Waals surface area contributed by atoms with E-state index in [0.717, 1.165) is 23.2 Å². The molecule has 0 fully saturated rings. The maximum atomic E-state index is 11.7. The number of nitrogens with one attached hydrogen (secondary N) is 2. The molecule has 0 saturated carbocycles. The second kappa shape index (κ2) is 7.26. The molecule has 0 aliphatic rings. The molecule has 0 radical (unpaired) electrons. The Labute approximate surface area is 121 Å². The Morgan fingerprint density at radius 1 is 1.44 bits per heavy atom. The lowest BCUT2D eigenvalue weighted by atomic mass is 10.0. The van der Waals surface area contributed by atoms with Gasteiger partial charge in [-0.25, -0.2) is 0 Å². The van der Waals surface area contributed by atoms with E-state index in [2.05, 4.69) is 45.6 Å². The molecule has 0 aliphatic heterocycles. The van der Waals surface area contributed by atoms with Crippen molar-refractivity contribution in [2.24, 2.45) is 0 Å². The zero-order valence-corrected chi connectivity index (χ0v) is 13.6. The highest BCUT2D eigenvalue weighted by molar-refractivity contribution is 9.11. The van der Waals surface area contributed by atoms with Crippen LogP contribution in [0.1, 0.15) is 32.1 Å². The molecule has 0 aliphatic carbocycles. The van der Waals surface area contributed by atoms with Gasteiger partial charge >= 0.3 is 0 Å². The predicted octanol–water partition coefficient (Wildman–Crippen LogP) is 2.95. The molecule has 102 valence electrons. The lowest BCUT2D eigenvalue weighted by Crippen LogP contribution is -2.46. The fraction of sp³-hybridized carbons (Fsp3) is 0.615. The van der Waals surface area contributed by atoms with Crippen LogP contribution in [-0.4, -0.2) is 24.5 Å². The van der Waals surface area contributed by atoms with Crippen LogP contribution in [0.2, 0.25) is 0 Å². The van der Waals surface area contributed by atoms with E-state index in [9.17, 15) is 4.79 Å². The SMILES string of the molecule is CCC(C)(C)NC(=O)CNCCc1ccc(Br)s1. The van der Waals surface area contributed by atoms with Crippen molar-refractivity contribution in [1.82, 2.24) is 10.6 Å². The van der Waals surface area contributed by atoms with Crippen molar-refractivity contribution in [3.05, 3.63) is 20.8 Å². The summed E-state index contributed by atoms with van der Waals surface area (Å²) in [5.41, 5.74) is -0.114. The number of carbonyl (C=O) groups is 1. The number of carbonyl (C=O) groups excluding carboxylic acids is 1. The van der Waals surface area contributed by atoms with E-state index in [-0.39, 0.29) is 11.4 Å². The summed E-state index contributed by atoms with van der Waals surface area (Å²) in [7, 11) is 0. The average Bonchev–Trinajstić information content (AvgIpc) is 2.70. The molecule has 1 aromatic heterocycles. The van der Waals surface area contributed by atoms with Gasteiger partial charge in [0, 0.05) is 17.0 Å². The Hall–Kier alpha value is -0.390. The second-order valence-electron chi connectivity index (χ2n) is 4.92. The first-order chi connectivity index (χ1) is 8.43. The van der Waals surface area contributed by atoms with E-state index in [0.29, 0.717) is 6.54 Å². The van der Waals surface area contributed by atoms with Gasteiger partial charge in [-0.2, -0.15) is 0 Å². The highest BCUT2D eigenvalue weighted by Crippen LogP contribution is 2.21. The molecular formula is C13H21BrN2OS. The van der Waals surface area contributed by atoms with E-state index in [4.69, 9.17) is 0 Å². The molecule has 18 heavy (non-hydrogen) atoms. The minimum atomic E-state index is -0.114. The van der Waals surface area contributed by atoms with E-state index >= 15 is 0 Å². The van der Waals surface area contributed by atoms with E-state index < -0.39 is 0 Å². The monoisotopic (exact) mass is 332 g/mol. The van der Waals surface area contributed by atoms with Gasteiger partial charge in [0.1, 0.15) is 0 Å². The molecule has 0 unspecified atom stereocenters. The first-order valence-corrected chi connectivity index (χ1v) is 7.80. The van der Waals surface area contributed by atoms with Crippen LogP contribution in [0.4, 0.5) is 0 Å². The quantitative estimate of drug-likeness (QED) is 0.754. The smallest absolute Gasteiger partial charge is 0.234 e. The van der Waals surface area contributed by atoms with Crippen molar-refractivity contribution in [3.8, 4) is 0 Å². The summed E-state index contributed by atoms with van der Waals surface area (Å²) in [6.07, 6.45) is 1.89. The number of hydrogen-bond donors (Lipinski definition) is 2. The molecule has 1 heterocycles. The van der Waals surface area contributed by atoms with Gasteiger partial charge in [0.15, 0.2) is 0 Å². The van der Waals surface area contributed by atoms with Crippen LogP contribution < -0.4 is 10.6 Å². The summed E-state index contributed by atoms with van der Waals surface area (Å²) in [6, 6.07) is 4.16. The standard InChI is InChI=1S/C13H21BrN2OS/c1-4-13(2,3)16-12(17)9-15-8-7-10-5-6-11(14)18-10/h5-6,15H,4,7-9H2,1-3H3,(H,16,17). The Morgan fingerprint density at radius 2 is 2.17 bits per heavy atom. The molecule has 1 aromatic rings. The summed E-state index contributed by atoms with van der Waals surface area (Å²) >= 11 is 5.18. The first-order valence-electron chi connectivity index (χ1n) is 6.19. The van der Waals surface area contributed by atoms with Crippen molar-refractivity contribution >= 4 is 33.2 Å². The van der Waals surface area contributed by atoms with Gasteiger partial charge in [0.05, 0.1) is 10.3 Å². The number of thiophene rings is 1. The van der Waals surface area contributed by atoms with Gasteiger partial charge in [0.25, 0.3) is 0 Å². The molecule has 0 saturated heterocycles. The molecular weight excluding hydrogens is 312 g/mol. The lowest BCUT2D eigenvalue weighted by Gasteiger charge is -2.24. The normalized spacial score (nSPS) is 11.6. The Bertz CT molecular complexity index is 390. The van der Waals surface area contributed by atoms with Gasteiger partial charge in [-0.15, -0.1) is 11.3 Å². The van der Waals surface area contributed by atoms with Crippen LogP contribution in [-0.2, 0) is 11.2 Å². The number of rotatable bonds is 7. The van der Waals surface area contributed by atoms with Crippen LogP contribution in [0.5, 0.6) is 0 Å². The minimum Gasteiger partial charge on any atom is -0.350 e. The number of amides is 1. The summed E-state index contributed by atoms with van der Waals surface area (Å²) < 4.78 is 1.15. The van der Waals surface area contributed by atoms with Crippen LogP contribution >= 0.6 is 27.3 Å². The van der Waals surface area contributed by atoms with Crippen molar-refractivity contribution in [2.45, 2.75) is 39.2 Å². The third-order valence-corrected chi connectivity index (χ3v) is 4.51. The average molecular weight is 333 g/mol. The van der Waals surface area contributed by atoms with E-state index in [1.165, 1.54) is 4.88 Å². The molecule has 0 bridgehead atoms. The highest BCUT2D eigenvalue weighted by Gasteiger charge is 2.16. The summed E-state index contributed by atoms with van der Waals surface area (Å²) in [4.78, 5) is 13.0.